The largest absolute Gasteiger partial charge is 0.493 e. The molecule has 4 heteroatoms. The van der Waals surface area contributed by atoms with E-state index in [4.69, 9.17) is 9.47 Å². The molecule has 0 N–H and O–H groups in total. The number of fused-ring (bicyclic) bond motifs is 1. The molecule has 0 aliphatic rings. The minimum atomic E-state index is 0.538. The fraction of sp³-hybridized carbons (Fsp3) is 0.238. The molecule has 25 heavy (non-hydrogen) atoms. The predicted octanol–water partition coefficient (Wildman–Crippen LogP) is 4.90. The number of aldehydes is 1. The number of hydrogen-bond donors (Lipinski definition) is 0. The highest BCUT2D eigenvalue weighted by atomic mass is 16.5. The second kappa shape index (κ2) is 7.79. The lowest BCUT2D eigenvalue weighted by Gasteiger charge is -2.17. The highest BCUT2D eigenvalue weighted by Crippen LogP contribution is 2.42. The number of aromatic nitrogens is 1. The van der Waals surface area contributed by atoms with E-state index in [1.165, 1.54) is 0 Å². The quantitative estimate of drug-likeness (QED) is 0.455. The van der Waals surface area contributed by atoms with Crippen molar-refractivity contribution < 1.29 is 14.3 Å². The van der Waals surface area contributed by atoms with Crippen LogP contribution in [0.15, 0.2) is 48.7 Å². The average Bonchev–Trinajstić information content (AvgIpc) is 2.67. The molecule has 0 bridgehead atoms. The maximum atomic E-state index is 11.7. The number of ether oxygens (including phenoxy) is 2. The monoisotopic (exact) mass is 335 g/mol. The Balaban J connectivity index is 2.26. The number of carbonyl (C=O) groups is 1. The number of benzene rings is 2. The first-order valence-electron chi connectivity index (χ1n) is 8.43. The molecule has 1 heterocycles. The Labute approximate surface area is 147 Å². The Morgan fingerprint density at radius 3 is 2.72 bits per heavy atom. The van der Waals surface area contributed by atoms with Gasteiger partial charge in [0.05, 0.1) is 25.0 Å². The van der Waals surface area contributed by atoms with E-state index in [1.807, 2.05) is 30.3 Å². The average molecular weight is 335 g/mol. The summed E-state index contributed by atoms with van der Waals surface area (Å²) in [6, 6.07) is 13.4. The van der Waals surface area contributed by atoms with Crippen molar-refractivity contribution in [1.82, 2.24) is 4.98 Å². The van der Waals surface area contributed by atoms with E-state index >= 15 is 0 Å². The van der Waals surface area contributed by atoms with E-state index in [1.54, 1.807) is 25.4 Å². The molecule has 0 atom stereocenters. The van der Waals surface area contributed by atoms with Crippen molar-refractivity contribution in [1.29, 1.82) is 0 Å². The van der Waals surface area contributed by atoms with Gasteiger partial charge < -0.3 is 9.47 Å². The first-order chi connectivity index (χ1) is 12.3. The maximum Gasteiger partial charge on any atom is 0.171 e. The SMILES string of the molecule is CCCCOc1c(OC)ccc(C=O)c1-c1nccc2ccccc12. The Bertz CT molecular complexity index is 884. The van der Waals surface area contributed by atoms with Gasteiger partial charge in [-0.2, -0.15) is 0 Å². The van der Waals surface area contributed by atoms with Crippen LogP contribution >= 0.6 is 0 Å². The minimum absolute atomic E-state index is 0.538. The summed E-state index contributed by atoms with van der Waals surface area (Å²) in [5.74, 6) is 1.18. The fourth-order valence-corrected chi connectivity index (χ4v) is 2.86. The topological polar surface area (TPSA) is 48.4 Å². The summed E-state index contributed by atoms with van der Waals surface area (Å²) in [5.41, 5.74) is 1.95. The molecule has 0 fully saturated rings. The van der Waals surface area contributed by atoms with Gasteiger partial charge in [-0.05, 0) is 30.0 Å². The van der Waals surface area contributed by atoms with Crippen LogP contribution < -0.4 is 9.47 Å². The van der Waals surface area contributed by atoms with E-state index in [0.717, 1.165) is 35.6 Å². The number of nitrogens with zero attached hydrogens (tertiary/aromatic N) is 1. The normalized spacial score (nSPS) is 10.6. The predicted molar refractivity (Wildman–Crippen MR) is 99.5 cm³/mol. The number of rotatable bonds is 7. The Morgan fingerprint density at radius 2 is 1.96 bits per heavy atom. The molecular formula is C21H21NO3. The molecular weight excluding hydrogens is 314 g/mol. The van der Waals surface area contributed by atoms with Crippen LogP contribution in [0.5, 0.6) is 11.5 Å². The van der Waals surface area contributed by atoms with Gasteiger partial charge in [-0.3, -0.25) is 9.78 Å². The van der Waals surface area contributed by atoms with Crippen LogP contribution in [-0.2, 0) is 0 Å². The Hall–Kier alpha value is -2.88. The zero-order valence-corrected chi connectivity index (χ0v) is 14.5. The lowest BCUT2D eigenvalue weighted by atomic mass is 9.98. The molecule has 3 aromatic rings. The molecule has 0 aliphatic heterocycles. The van der Waals surface area contributed by atoms with Crippen molar-refractivity contribution in [3.8, 4) is 22.8 Å². The van der Waals surface area contributed by atoms with Gasteiger partial charge in [0.15, 0.2) is 17.8 Å². The minimum Gasteiger partial charge on any atom is -0.493 e. The first kappa shape index (κ1) is 17.0. The van der Waals surface area contributed by atoms with E-state index < -0.39 is 0 Å². The number of methoxy groups -OCH3 is 1. The molecule has 3 rings (SSSR count). The third-order valence-corrected chi connectivity index (χ3v) is 4.16. The lowest BCUT2D eigenvalue weighted by Crippen LogP contribution is -2.03. The first-order valence-corrected chi connectivity index (χ1v) is 8.43. The van der Waals surface area contributed by atoms with Crippen molar-refractivity contribution >= 4 is 17.1 Å². The van der Waals surface area contributed by atoms with Crippen molar-refractivity contribution in [2.24, 2.45) is 0 Å². The van der Waals surface area contributed by atoms with E-state index in [2.05, 4.69) is 11.9 Å². The number of pyridine rings is 1. The van der Waals surface area contributed by atoms with Crippen LogP contribution in [0, 0.1) is 0 Å². The second-order valence-corrected chi connectivity index (χ2v) is 5.76. The summed E-state index contributed by atoms with van der Waals surface area (Å²) in [7, 11) is 1.60. The third-order valence-electron chi connectivity index (χ3n) is 4.16. The van der Waals surface area contributed by atoms with E-state index in [0.29, 0.717) is 29.2 Å². The van der Waals surface area contributed by atoms with Gasteiger partial charge >= 0.3 is 0 Å². The highest BCUT2D eigenvalue weighted by molar-refractivity contribution is 6.01. The van der Waals surface area contributed by atoms with Gasteiger partial charge in [0.1, 0.15) is 0 Å². The summed E-state index contributed by atoms with van der Waals surface area (Å²) >= 11 is 0. The molecule has 0 unspecified atom stereocenters. The Morgan fingerprint density at radius 1 is 1.12 bits per heavy atom. The van der Waals surface area contributed by atoms with E-state index in [-0.39, 0.29) is 0 Å². The van der Waals surface area contributed by atoms with Crippen LogP contribution in [0.3, 0.4) is 0 Å². The van der Waals surface area contributed by atoms with Gasteiger partial charge in [-0.1, -0.05) is 37.6 Å². The molecule has 128 valence electrons. The van der Waals surface area contributed by atoms with Crippen molar-refractivity contribution in [2.45, 2.75) is 19.8 Å². The molecule has 0 saturated heterocycles. The fourth-order valence-electron chi connectivity index (χ4n) is 2.86. The van der Waals surface area contributed by atoms with Gasteiger partial charge in [-0.25, -0.2) is 0 Å². The molecule has 1 aromatic heterocycles. The van der Waals surface area contributed by atoms with Crippen molar-refractivity contribution in [3.63, 3.8) is 0 Å². The van der Waals surface area contributed by atoms with Gasteiger partial charge in [0.25, 0.3) is 0 Å². The zero-order valence-electron chi connectivity index (χ0n) is 14.5. The van der Waals surface area contributed by atoms with Crippen LogP contribution in [0.1, 0.15) is 30.1 Å². The Kier molecular flexibility index (Phi) is 5.29. The summed E-state index contributed by atoms with van der Waals surface area (Å²) in [5, 5.41) is 2.04. The molecule has 4 nitrogen and oxygen atoms in total. The standard InChI is InChI=1S/C21H21NO3/c1-3-4-13-25-21-18(24-2)10-9-16(14-23)19(21)20-17-8-6-5-7-15(17)11-12-22-20/h5-12,14H,3-4,13H2,1-2H3. The summed E-state index contributed by atoms with van der Waals surface area (Å²) < 4.78 is 11.5. The smallest absolute Gasteiger partial charge is 0.171 e. The molecule has 0 amide bonds. The van der Waals surface area contributed by atoms with Crippen LogP contribution in [-0.4, -0.2) is 25.0 Å². The molecule has 0 radical (unpaired) electrons. The third kappa shape index (κ3) is 3.33. The van der Waals surface area contributed by atoms with Crippen LogP contribution in [0.2, 0.25) is 0 Å². The molecule has 2 aromatic carbocycles. The lowest BCUT2D eigenvalue weighted by molar-refractivity contribution is 0.112. The van der Waals surface area contributed by atoms with Crippen LogP contribution in [0.4, 0.5) is 0 Å². The van der Waals surface area contributed by atoms with E-state index in [9.17, 15) is 4.79 Å². The van der Waals surface area contributed by atoms with Crippen LogP contribution in [0.25, 0.3) is 22.0 Å². The summed E-state index contributed by atoms with van der Waals surface area (Å²) in [6.07, 6.45) is 4.54. The molecule has 0 aliphatic carbocycles. The number of unbranched alkanes of at least 4 members (excludes halogenated alkanes) is 1. The number of hydrogen-bond acceptors (Lipinski definition) is 4. The zero-order chi connectivity index (χ0) is 17.6. The summed E-state index contributed by atoms with van der Waals surface area (Å²) in [4.78, 5) is 16.2. The molecule has 0 spiro atoms. The maximum absolute atomic E-state index is 11.7. The van der Waals surface area contributed by atoms with Gasteiger partial charge in [-0.15, -0.1) is 0 Å². The van der Waals surface area contributed by atoms with Gasteiger partial charge in [0.2, 0.25) is 0 Å². The second-order valence-electron chi connectivity index (χ2n) is 5.76. The highest BCUT2D eigenvalue weighted by Gasteiger charge is 2.20. The van der Waals surface area contributed by atoms with Gasteiger partial charge in [0, 0.05) is 17.1 Å². The van der Waals surface area contributed by atoms with Crippen molar-refractivity contribution in [3.05, 3.63) is 54.2 Å². The summed E-state index contributed by atoms with van der Waals surface area (Å²) in [6.45, 7) is 2.67. The number of carbonyl (C=O) groups excluding carboxylic acids is 1. The van der Waals surface area contributed by atoms with Crippen molar-refractivity contribution in [2.75, 3.05) is 13.7 Å². The molecule has 0 saturated carbocycles.